The standard InChI is InChI=1S/C9H18N4O/c1-5-6-13-9(12(2)3)7(10)8(11-13)14-4/h5-6,10H2,1-4H3. The van der Waals surface area contributed by atoms with E-state index >= 15 is 0 Å². The Morgan fingerprint density at radius 1 is 1.50 bits per heavy atom. The lowest BCUT2D eigenvalue weighted by molar-refractivity contribution is 0.389. The third-order valence-electron chi connectivity index (χ3n) is 1.98. The number of hydrogen-bond acceptors (Lipinski definition) is 4. The molecule has 1 rings (SSSR count). The van der Waals surface area contributed by atoms with Gasteiger partial charge < -0.3 is 15.4 Å². The monoisotopic (exact) mass is 198 g/mol. The van der Waals surface area contributed by atoms with Crippen molar-refractivity contribution in [2.24, 2.45) is 0 Å². The number of nitrogens with zero attached hydrogens (tertiary/aromatic N) is 3. The van der Waals surface area contributed by atoms with Crippen LogP contribution in [0, 0.1) is 0 Å². The number of methoxy groups -OCH3 is 1. The molecular formula is C9H18N4O. The number of aryl methyl sites for hydroxylation is 1. The second-order valence-electron chi connectivity index (χ2n) is 3.36. The maximum absolute atomic E-state index is 5.90. The van der Waals surface area contributed by atoms with Gasteiger partial charge >= 0.3 is 0 Å². The van der Waals surface area contributed by atoms with E-state index in [0.29, 0.717) is 11.6 Å². The van der Waals surface area contributed by atoms with Gasteiger partial charge in [-0.25, -0.2) is 4.68 Å². The lowest BCUT2D eigenvalue weighted by Gasteiger charge is -2.14. The molecule has 0 aliphatic carbocycles. The summed E-state index contributed by atoms with van der Waals surface area (Å²) in [6, 6.07) is 0. The van der Waals surface area contributed by atoms with Gasteiger partial charge in [-0.3, -0.25) is 0 Å². The number of nitrogen functional groups attached to an aromatic ring is 1. The Morgan fingerprint density at radius 2 is 2.14 bits per heavy atom. The molecule has 14 heavy (non-hydrogen) atoms. The minimum atomic E-state index is 0.502. The number of aromatic nitrogens is 2. The molecule has 1 heterocycles. The van der Waals surface area contributed by atoms with Crippen molar-refractivity contribution < 1.29 is 4.74 Å². The first-order chi connectivity index (χ1) is 6.61. The van der Waals surface area contributed by atoms with Gasteiger partial charge in [0.15, 0.2) is 5.82 Å². The van der Waals surface area contributed by atoms with E-state index in [0.717, 1.165) is 18.8 Å². The average molecular weight is 198 g/mol. The third kappa shape index (κ3) is 1.76. The van der Waals surface area contributed by atoms with Crippen molar-refractivity contribution in [3.8, 4) is 5.88 Å². The van der Waals surface area contributed by atoms with Crippen LogP contribution >= 0.6 is 0 Å². The molecule has 80 valence electrons. The number of ether oxygens (including phenoxy) is 1. The van der Waals surface area contributed by atoms with E-state index in [9.17, 15) is 0 Å². The molecule has 5 heteroatoms. The van der Waals surface area contributed by atoms with E-state index in [1.165, 1.54) is 0 Å². The first-order valence-electron chi connectivity index (χ1n) is 4.69. The fraction of sp³-hybridized carbons (Fsp3) is 0.667. The highest BCUT2D eigenvalue weighted by Crippen LogP contribution is 2.30. The molecule has 0 saturated heterocycles. The lowest BCUT2D eigenvalue weighted by Crippen LogP contribution is -2.16. The van der Waals surface area contributed by atoms with Gasteiger partial charge in [-0.05, 0) is 6.42 Å². The minimum absolute atomic E-state index is 0.502. The molecule has 0 unspecified atom stereocenters. The van der Waals surface area contributed by atoms with E-state index in [-0.39, 0.29) is 0 Å². The van der Waals surface area contributed by atoms with Crippen molar-refractivity contribution in [1.82, 2.24) is 9.78 Å². The smallest absolute Gasteiger partial charge is 0.258 e. The molecule has 0 spiro atoms. The Hall–Kier alpha value is -1.39. The Labute approximate surface area is 84.4 Å². The van der Waals surface area contributed by atoms with Gasteiger partial charge in [0.05, 0.1) is 7.11 Å². The zero-order valence-corrected chi connectivity index (χ0v) is 9.24. The highest BCUT2D eigenvalue weighted by molar-refractivity contribution is 5.68. The Kier molecular flexibility index (Phi) is 3.22. The van der Waals surface area contributed by atoms with Crippen LogP contribution in [0.25, 0.3) is 0 Å². The van der Waals surface area contributed by atoms with E-state index < -0.39 is 0 Å². The van der Waals surface area contributed by atoms with Crippen molar-refractivity contribution in [1.29, 1.82) is 0 Å². The van der Waals surface area contributed by atoms with Gasteiger partial charge in [-0.2, -0.15) is 0 Å². The summed E-state index contributed by atoms with van der Waals surface area (Å²) in [5, 5.41) is 4.27. The Bertz CT molecular complexity index is 306. The molecule has 0 fully saturated rings. The number of anilines is 2. The van der Waals surface area contributed by atoms with Crippen LogP contribution in [-0.4, -0.2) is 31.0 Å². The number of nitrogens with two attached hydrogens (primary N) is 1. The maximum Gasteiger partial charge on any atom is 0.258 e. The van der Waals surface area contributed by atoms with Gasteiger partial charge in [-0.1, -0.05) is 6.92 Å². The maximum atomic E-state index is 5.90. The van der Waals surface area contributed by atoms with Crippen LogP contribution in [0.15, 0.2) is 0 Å². The molecule has 1 aromatic rings. The summed E-state index contributed by atoms with van der Waals surface area (Å²) >= 11 is 0. The highest BCUT2D eigenvalue weighted by atomic mass is 16.5. The van der Waals surface area contributed by atoms with Crippen molar-refractivity contribution >= 4 is 11.5 Å². The van der Waals surface area contributed by atoms with Crippen molar-refractivity contribution in [2.45, 2.75) is 19.9 Å². The summed E-state index contributed by atoms with van der Waals surface area (Å²) in [5.74, 6) is 1.41. The quantitative estimate of drug-likeness (QED) is 0.782. The molecule has 0 aliphatic heterocycles. The third-order valence-corrected chi connectivity index (χ3v) is 1.98. The molecule has 0 aliphatic rings. The van der Waals surface area contributed by atoms with Crippen LogP contribution < -0.4 is 15.4 Å². The molecule has 0 amide bonds. The number of rotatable bonds is 4. The molecule has 5 nitrogen and oxygen atoms in total. The summed E-state index contributed by atoms with van der Waals surface area (Å²) in [5.41, 5.74) is 6.50. The van der Waals surface area contributed by atoms with Gasteiger partial charge in [0.2, 0.25) is 0 Å². The minimum Gasteiger partial charge on any atom is -0.478 e. The molecule has 0 bridgehead atoms. The highest BCUT2D eigenvalue weighted by Gasteiger charge is 2.16. The van der Waals surface area contributed by atoms with Crippen LogP contribution in [0.1, 0.15) is 13.3 Å². The molecule has 0 atom stereocenters. The van der Waals surface area contributed by atoms with Crippen LogP contribution in [0.2, 0.25) is 0 Å². The predicted molar refractivity (Wildman–Crippen MR) is 57.8 cm³/mol. The second-order valence-corrected chi connectivity index (χ2v) is 3.36. The molecule has 0 aromatic carbocycles. The van der Waals surface area contributed by atoms with Crippen molar-refractivity contribution in [2.75, 3.05) is 31.8 Å². The second kappa shape index (κ2) is 4.21. The summed E-state index contributed by atoms with van der Waals surface area (Å²) in [7, 11) is 5.46. The summed E-state index contributed by atoms with van der Waals surface area (Å²) < 4.78 is 6.95. The van der Waals surface area contributed by atoms with Gasteiger partial charge in [0.1, 0.15) is 5.69 Å². The summed E-state index contributed by atoms with van der Waals surface area (Å²) in [6.45, 7) is 2.95. The zero-order valence-electron chi connectivity index (χ0n) is 9.24. The normalized spacial score (nSPS) is 10.3. The van der Waals surface area contributed by atoms with Gasteiger partial charge in [-0.15, -0.1) is 5.10 Å². The van der Waals surface area contributed by atoms with E-state index in [1.54, 1.807) is 7.11 Å². The Balaban J connectivity index is 3.13. The lowest BCUT2D eigenvalue weighted by atomic mass is 10.4. The fourth-order valence-corrected chi connectivity index (χ4v) is 1.44. The zero-order chi connectivity index (χ0) is 10.7. The largest absolute Gasteiger partial charge is 0.478 e. The SMILES string of the molecule is CCCn1nc(OC)c(N)c1N(C)C. The number of hydrogen-bond donors (Lipinski definition) is 1. The van der Waals surface area contributed by atoms with E-state index in [4.69, 9.17) is 10.5 Å². The van der Waals surface area contributed by atoms with E-state index in [2.05, 4.69) is 12.0 Å². The van der Waals surface area contributed by atoms with Crippen LogP contribution in [0.3, 0.4) is 0 Å². The summed E-state index contributed by atoms with van der Waals surface area (Å²) in [6.07, 6.45) is 1.02. The van der Waals surface area contributed by atoms with Gasteiger partial charge in [0.25, 0.3) is 5.88 Å². The topological polar surface area (TPSA) is 56.3 Å². The molecular weight excluding hydrogens is 180 g/mol. The summed E-state index contributed by atoms with van der Waals surface area (Å²) in [4.78, 5) is 1.94. The fourth-order valence-electron chi connectivity index (χ4n) is 1.44. The predicted octanol–water partition coefficient (Wildman–Crippen LogP) is 0.950. The van der Waals surface area contributed by atoms with Crippen LogP contribution in [0.5, 0.6) is 5.88 Å². The van der Waals surface area contributed by atoms with E-state index in [1.807, 2.05) is 23.7 Å². The Morgan fingerprint density at radius 3 is 2.57 bits per heavy atom. The molecule has 1 aromatic heterocycles. The first kappa shape index (κ1) is 10.7. The van der Waals surface area contributed by atoms with Crippen molar-refractivity contribution in [3.05, 3.63) is 0 Å². The molecule has 2 N–H and O–H groups in total. The van der Waals surface area contributed by atoms with Crippen LogP contribution in [0.4, 0.5) is 11.5 Å². The molecule has 0 radical (unpaired) electrons. The van der Waals surface area contributed by atoms with Gasteiger partial charge in [0, 0.05) is 20.6 Å². The van der Waals surface area contributed by atoms with Crippen molar-refractivity contribution in [3.63, 3.8) is 0 Å². The van der Waals surface area contributed by atoms with Crippen LogP contribution in [-0.2, 0) is 6.54 Å². The first-order valence-corrected chi connectivity index (χ1v) is 4.69. The average Bonchev–Trinajstić information content (AvgIpc) is 2.43. The molecule has 0 saturated carbocycles.